The predicted molar refractivity (Wildman–Crippen MR) is 59.5 cm³/mol. The molecule has 0 aromatic heterocycles. The molecule has 1 aromatic rings. The molecule has 16 heavy (non-hydrogen) atoms. The minimum atomic E-state index is -3.95. The molecule has 0 aliphatic heterocycles. The number of hydrogen-bond donors (Lipinski definition) is 1. The van der Waals surface area contributed by atoms with Crippen molar-refractivity contribution in [3.8, 4) is 0 Å². The van der Waals surface area contributed by atoms with Gasteiger partial charge in [0.1, 0.15) is 16.5 Å². The van der Waals surface area contributed by atoms with Crippen LogP contribution < -0.4 is 4.72 Å². The molecule has 7 heteroatoms. The van der Waals surface area contributed by atoms with Crippen LogP contribution in [0.4, 0.5) is 8.78 Å². The van der Waals surface area contributed by atoms with Gasteiger partial charge in [-0.2, -0.15) is 0 Å². The summed E-state index contributed by atoms with van der Waals surface area (Å²) in [5.41, 5.74) is 0. The molecule has 0 amide bonds. The molecule has 0 aliphatic rings. The summed E-state index contributed by atoms with van der Waals surface area (Å²) < 4.78 is 51.6. The number of rotatable bonds is 3. The summed E-state index contributed by atoms with van der Waals surface area (Å²) in [5.74, 6) is -1.96. The van der Waals surface area contributed by atoms with Crippen molar-refractivity contribution in [2.75, 3.05) is 0 Å². The number of benzene rings is 1. The lowest BCUT2D eigenvalue weighted by Gasteiger charge is -2.10. The smallest absolute Gasteiger partial charge is 0.209 e. The second-order valence-corrected chi connectivity index (χ2v) is 6.01. The fourth-order valence-corrected chi connectivity index (χ4v) is 2.92. The van der Waals surface area contributed by atoms with E-state index in [1.807, 2.05) is 0 Å². The molecule has 1 rings (SSSR count). The summed E-state index contributed by atoms with van der Waals surface area (Å²) >= 11 is 2.81. The first-order valence-electron chi connectivity index (χ1n) is 4.41. The zero-order valence-electron chi connectivity index (χ0n) is 8.59. The second kappa shape index (κ2) is 4.77. The van der Waals surface area contributed by atoms with Crippen LogP contribution in [0.2, 0.25) is 0 Å². The van der Waals surface area contributed by atoms with Gasteiger partial charge in [0.25, 0.3) is 0 Å². The second-order valence-electron chi connectivity index (χ2n) is 3.47. The van der Waals surface area contributed by atoms with Gasteiger partial charge in [-0.15, -0.1) is 0 Å². The molecule has 0 fully saturated rings. The van der Waals surface area contributed by atoms with Crippen LogP contribution in [-0.2, 0) is 10.0 Å². The maximum atomic E-state index is 13.3. The highest BCUT2D eigenvalue weighted by Crippen LogP contribution is 2.23. The van der Waals surface area contributed by atoms with Gasteiger partial charge in [0, 0.05) is 12.1 Å². The average molecular weight is 314 g/mol. The zero-order valence-corrected chi connectivity index (χ0v) is 11.0. The van der Waals surface area contributed by atoms with Gasteiger partial charge in [-0.05, 0) is 35.8 Å². The Hall–Kier alpha value is -0.530. The van der Waals surface area contributed by atoms with Crippen molar-refractivity contribution in [2.45, 2.75) is 24.8 Å². The highest BCUT2D eigenvalue weighted by molar-refractivity contribution is 9.10. The highest BCUT2D eigenvalue weighted by Gasteiger charge is 2.21. The lowest BCUT2D eigenvalue weighted by atomic mass is 10.3. The summed E-state index contributed by atoms with van der Waals surface area (Å²) in [5, 5.41) is 0. The predicted octanol–water partition coefficient (Wildman–Crippen LogP) is 2.41. The molecule has 0 bridgehead atoms. The molecule has 0 radical (unpaired) electrons. The number of nitrogens with one attached hydrogen (secondary N) is 1. The van der Waals surface area contributed by atoms with Gasteiger partial charge in [0.15, 0.2) is 0 Å². The normalized spacial score (nSPS) is 12.1. The van der Waals surface area contributed by atoms with E-state index in [1.54, 1.807) is 13.8 Å². The van der Waals surface area contributed by atoms with E-state index in [9.17, 15) is 17.2 Å². The van der Waals surface area contributed by atoms with Crippen LogP contribution in [0.1, 0.15) is 13.8 Å². The van der Waals surface area contributed by atoms with Crippen molar-refractivity contribution in [1.29, 1.82) is 0 Å². The quantitative estimate of drug-likeness (QED) is 0.871. The third kappa shape index (κ3) is 2.99. The van der Waals surface area contributed by atoms with Crippen LogP contribution in [0.15, 0.2) is 21.5 Å². The van der Waals surface area contributed by atoms with Crippen LogP contribution in [0.25, 0.3) is 0 Å². The van der Waals surface area contributed by atoms with Crippen molar-refractivity contribution in [3.05, 3.63) is 28.2 Å². The zero-order chi connectivity index (χ0) is 12.5. The van der Waals surface area contributed by atoms with Gasteiger partial charge in [-0.25, -0.2) is 21.9 Å². The Bertz CT molecular complexity index is 502. The number of halogens is 3. The van der Waals surface area contributed by atoms with E-state index in [4.69, 9.17) is 0 Å². The van der Waals surface area contributed by atoms with E-state index < -0.39 is 26.6 Å². The molecule has 0 heterocycles. The summed E-state index contributed by atoms with van der Waals surface area (Å²) in [6.07, 6.45) is 0. The van der Waals surface area contributed by atoms with Gasteiger partial charge in [0.2, 0.25) is 10.0 Å². The summed E-state index contributed by atoms with van der Waals surface area (Å²) in [4.78, 5) is -0.575. The topological polar surface area (TPSA) is 46.2 Å². The molecule has 0 unspecified atom stereocenters. The molecule has 0 saturated carbocycles. The lowest BCUT2D eigenvalue weighted by Crippen LogP contribution is -2.30. The Labute approximate surface area is 101 Å². The number of sulfonamides is 1. The van der Waals surface area contributed by atoms with Crippen molar-refractivity contribution >= 4 is 26.0 Å². The molecule has 1 aromatic carbocycles. The van der Waals surface area contributed by atoms with Crippen molar-refractivity contribution in [2.24, 2.45) is 0 Å². The first kappa shape index (κ1) is 13.5. The molecule has 1 N–H and O–H groups in total. The highest BCUT2D eigenvalue weighted by atomic mass is 79.9. The van der Waals surface area contributed by atoms with E-state index >= 15 is 0 Å². The minimum Gasteiger partial charge on any atom is -0.209 e. The molecule has 0 aliphatic carbocycles. The van der Waals surface area contributed by atoms with E-state index in [2.05, 4.69) is 20.7 Å². The molecular weight excluding hydrogens is 304 g/mol. The summed E-state index contributed by atoms with van der Waals surface area (Å²) in [6.45, 7) is 3.21. The van der Waals surface area contributed by atoms with Gasteiger partial charge in [0.05, 0.1) is 4.47 Å². The fraction of sp³-hybridized carbons (Fsp3) is 0.333. The van der Waals surface area contributed by atoms with E-state index in [1.165, 1.54) is 0 Å². The van der Waals surface area contributed by atoms with Gasteiger partial charge in [-0.1, -0.05) is 0 Å². The molecular formula is C9H10BrF2NO2S. The maximum Gasteiger partial charge on any atom is 0.243 e. The van der Waals surface area contributed by atoms with Gasteiger partial charge < -0.3 is 0 Å². The Balaban J connectivity index is 3.29. The van der Waals surface area contributed by atoms with Crippen molar-refractivity contribution in [1.82, 2.24) is 4.72 Å². The fourth-order valence-electron chi connectivity index (χ4n) is 1.08. The lowest BCUT2D eigenvalue weighted by molar-refractivity contribution is 0.536. The SMILES string of the molecule is CC(C)NS(=O)(=O)c1cc(Br)c(F)cc1F. The van der Waals surface area contributed by atoms with E-state index in [0.717, 1.165) is 6.07 Å². The van der Waals surface area contributed by atoms with Crippen molar-refractivity contribution in [3.63, 3.8) is 0 Å². The molecule has 0 spiro atoms. The first-order chi connectivity index (χ1) is 7.24. The molecule has 0 atom stereocenters. The van der Waals surface area contributed by atoms with Crippen LogP contribution in [0.5, 0.6) is 0 Å². The monoisotopic (exact) mass is 313 g/mol. The summed E-state index contributed by atoms with van der Waals surface area (Å²) in [6, 6.07) is 1.06. The largest absolute Gasteiger partial charge is 0.243 e. The third-order valence-electron chi connectivity index (χ3n) is 1.66. The molecule has 0 saturated heterocycles. The van der Waals surface area contributed by atoms with Gasteiger partial charge in [-0.3, -0.25) is 0 Å². The summed E-state index contributed by atoms with van der Waals surface area (Å²) in [7, 11) is -3.95. The minimum absolute atomic E-state index is 0.0990. The molecule has 90 valence electrons. The first-order valence-corrected chi connectivity index (χ1v) is 6.68. The number of hydrogen-bond acceptors (Lipinski definition) is 2. The Morgan fingerprint density at radius 2 is 1.81 bits per heavy atom. The molecule has 3 nitrogen and oxygen atoms in total. The Morgan fingerprint density at radius 1 is 1.25 bits per heavy atom. The van der Waals surface area contributed by atoms with Crippen LogP contribution in [0, 0.1) is 11.6 Å². The van der Waals surface area contributed by atoms with E-state index in [-0.39, 0.29) is 10.5 Å². The standard InChI is InChI=1S/C9H10BrF2NO2S/c1-5(2)13-16(14,15)9-3-6(10)7(11)4-8(9)12/h3-5,13H,1-2H3. The maximum absolute atomic E-state index is 13.3. The van der Waals surface area contributed by atoms with Gasteiger partial charge >= 0.3 is 0 Å². The van der Waals surface area contributed by atoms with Crippen LogP contribution >= 0.6 is 15.9 Å². The van der Waals surface area contributed by atoms with E-state index in [0.29, 0.717) is 6.07 Å². The van der Waals surface area contributed by atoms with Crippen molar-refractivity contribution < 1.29 is 17.2 Å². The third-order valence-corrected chi connectivity index (χ3v) is 3.94. The Morgan fingerprint density at radius 3 is 2.31 bits per heavy atom. The Kier molecular flexibility index (Phi) is 4.03. The van der Waals surface area contributed by atoms with Crippen LogP contribution in [-0.4, -0.2) is 14.5 Å². The average Bonchev–Trinajstić information content (AvgIpc) is 2.08. The van der Waals surface area contributed by atoms with Crippen LogP contribution in [0.3, 0.4) is 0 Å².